The van der Waals surface area contributed by atoms with Gasteiger partial charge >= 0.3 is 0 Å². The van der Waals surface area contributed by atoms with Gasteiger partial charge in [-0.1, -0.05) is 33.6 Å². The van der Waals surface area contributed by atoms with E-state index in [1.165, 1.54) is 4.90 Å². The summed E-state index contributed by atoms with van der Waals surface area (Å²) >= 11 is 0. The van der Waals surface area contributed by atoms with Crippen LogP contribution in [0.25, 0.3) is 0 Å². The average Bonchev–Trinajstić information content (AvgIpc) is 2.47. The predicted octanol–water partition coefficient (Wildman–Crippen LogP) is 1.43. The molecule has 1 aliphatic rings. The van der Waals surface area contributed by atoms with Gasteiger partial charge in [0.1, 0.15) is 0 Å². The van der Waals surface area contributed by atoms with E-state index >= 15 is 0 Å². The van der Waals surface area contributed by atoms with E-state index < -0.39 is 0 Å². The lowest BCUT2D eigenvalue weighted by Crippen LogP contribution is -2.33. The van der Waals surface area contributed by atoms with Crippen molar-refractivity contribution in [3.63, 3.8) is 0 Å². The molecule has 1 fully saturated rings. The maximum Gasteiger partial charge on any atom is 0.233 e. The highest BCUT2D eigenvalue weighted by Crippen LogP contribution is 2.32. The number of carbonyl (C=O) groups is 2. The number of nitrogens with zero attached hydrogens (tertiary/aromatic N) is 1. The number of aliphatic hydroxyl groups excluding tert-OH is 1. The number of hydrogen-bond donors (Lipinski definition) is 1. The van der Waals surface area contributed by atoms with Crippen LogP contribution < -0.4 is 0 Å². The van der Waals surface area contributed by atoms with Gasteiger partial charge in [-0.2, -0.15) is 0 Å². The largest absolute Gasteiger partial charge is 0.395 e. The first-order valence-electron chi connectivity index (χ1n) is 6.49. The van der Waals surface area contributed by atoms with E-state index in [1.54, 1.807) is 0 Å². The fourth-order valence-electron chi connectivity index (χ4n) is 2.61. The molecule has 1 N–H and O–H groups in total. The van der Waals surface area contributed by atoms with E-state index in [2.05, 4.69) is 13.8 Å². The Morgan fingerprint density at radius 2 is 2.00 bits per heavy atom. The van der Waals surface area contributed by atoms with E-state index in [9.17, 15) is 9.59 Å². The van der Waals surface area contributed by atoms with Crippen LogP contribution in [-0.4, -0.2) is 35.0 Å². The number of likely N-dealkylation sites (tertiary alicyclic amines) is 1. The quantitative estimate of drug-likeness (QED) is 0.716. The molecule has 0 aromatic carbocycles. The third-order valence-electron chi connectivity index (χ3n) is 3.60. The molecule has 0 saturated carbocycles. The topological polar surface area (TPSA) is 57.6 Å². The van der Waals surface area contributed by atoms with Gasteiger partial charge < -0.3 is 5.11 Å². The number of hydrogen-bond acceptors (Lipinski definition) is 3. The third-order valence-corrected chi connectivity index (χ3v) is 3.60. The van der Waals surface area contributed by atoms with Gasteiger partial charge in [0.2, 0.25) is 11.8 Å². The molecule has 98 valence electrons. The van der Waals surface area contributed by atoms with Crippen LogP contribution in [0, 0.1) is 17.8 Å². The van der Waals surface area contributed by atoms with Crippen LogP contribution in [0.4, 0.5) is 0 Å². The van der Waals surface area contributed by atoms with Crippen LogP contribution in [0.3, 0.4) is 0 Å². The fourth-order valence-corrected chi connectivity index (χ4v) is 2.61. The first-order chi connectivity index (χ1) is 8.02. The second-order valence-corrected chi connectivity index (χ2v) is 5.08. The van der Waals surface area contributed by atoms with Crippen molar-refractivity contribution >= 4 is 11.8 Å². The molecule has 3 unspecified atom stereocenters. The maximum atomic E-state index is 12.0. The van der Waals surface area contributed by atoms with Gasteiger partial charge in [-0.05, 0) is 12.3 Å². The standard InChI is InChI=1S/C13H23NO3/c1-4-5-9(2)8-11-10(3)12(16)14(6-7-15)13(11)17/h9-11,15H,4-8H2,1-3H3. The molecule has 0 bridgehead atoms. The van der Waals surface area contributed by atoms with Crippen LogP contribution in [0.5, 0.6) is 0 Å². The number of aliphatic hydroxyl groups is 1. The van der Waals surface area contributed by atoms with Crippen LogP contribution in [0.2, 0.25) is 0 Å². The summed E-state index contributed by atoms with van der Waals surface area (Å²) in [7, 11) is 0. The third kappa shape index (κ3) is 3.06. The van der Waals surface area contributed by atoms with Crippen molar-refractivity contribution < 1.29 is 14.7 Å². The van der Waals surface area contributed by atoms with Crippen molar-refractivity contribution in [3.8, 4) is 0 Å². The molecule has 1 saturated heterocycles. The molecule has 0 aromatic rings. The zero-order chi connectivity index (χ0) is 13.0. The molecule has 1 aliphatic heterocycles. The van der Waals surface area contributed by atoms with Gasteiger partial charge in [0.05, 0.1) is 19.1 Å². The van der Waals surface area contributed by atoms with Crippen molar-refractivity contribution in [2.24, 2.45) is 17.8 Å². The minimum Gasteiger partial charge on any atom is -0.395 e. The van der Waals surface area contributed by atoms with Crippen molar-refractivity contribution in [1.82, 2.24) is 4.90 Å². The van der Waals surface area contributed by atoms with Crippen molar-refractivity contribution in [2.45, 2.75) is 40.0 Å². The van der Waals surface area contributed by atoms with Crippen LogP contribution in [0.15, 0.2) is 0 Å². The smallest absolute Gasteiger partial charge is 0.233 e. The Hall–Kier alpha value is -0.900. The maximum absolute atomic E-state index is 12.0. The van der Waals surface area contributed by atoms with E-state index in [-0.39, 0.29) is 36.8 Å². The summed E-state index contributed by atoms with van der Waals surface area (Å²) in [5, 5.41) is 8.85. The van der Waals surface area contributed by atoms with Gasteiger partial charge in [0.15, 0.2) is 0 Å². The van der Waals surface area contributed by atoms with Gasteiger partial charge in [-0.25, -0.2) is 0 Å². The molecule has 4 nitrogen and oxygen atoms in total. The molecule has 1 heterocycles. The summed E-state index contributed by atoms with van der Waals surface area (Å²) in [5.41, 5.74) is 0. The summed E-state index contributed by atoms with van der Waals surface area (Å²) in [6.07, 6.45) is 2.97. The number of rotatable bonds is 6. The fraction of sp³-hybridized carbons (Fsp3) is 0.846. The van der Waals surface area contributed by atoms with Gasteiger partial charge in [-0.3, -0.25) is 14.5 Å². The highest BCUT2D eigenvalue weighted by molar-refractivity contribution is 6.04. The lowest BCUT2D eigenvalue weighted by atomic mass is 9.86. The molecule has 3 atom stereocenters. The highest BCUT2D eigenvalue weighted by Gasteiger charge is 2.44. The predicted molar refractivity (Wildman–Crippen MR) is 65.1 cm³/mol. The Morgan fingerprint density at radius 3 is 2.53 bits per heavy atom. The van der Waals surface area contributed by atoms with Crippen molar-refractivity contribution in [3.05, 3.63) is 0 Å². The van der Waals surface area contributed by atoms with E-state index in [0.29, 0.717) is 5.92 Å². The first-order valence-corrected chi connectivity index (χ1v) is 6.49. The minimum absolute atomic E-state index is 0.0977. The van der Waals surface area contributed by atoms with Gasteiger partial charge in [-0.15, -0.1) is 0 Å². The zero-order valence-electron chi connectivity index (χ0n) is 11.0. The summed E-state index contributed by atoms with van der Waals surface area (Å²) in [6.45, 7) is 6.06. The Bertz CT molecular complexity index is 290. The molecule has 0 spiro atoms. The number of β-amino-alcohol motifs (C(OH)–C–C–N with tert-alkyl or cyclic N) is 1. The summed E-state index contributed by atoms with van der Waals surface area (Å²) in [6, 6.07) is 0. The summed E-state index contributed by atoms with van der Waals surface area (Å²) in [5.74, 6) is -0.167. The zero-order valence-corrected chi connectivity index (χ0v) is 11.0. The molecule has 1 rings (SSSR count). The van der Waals surface area contributed by atoms with Crippen LogP contribution in [-0.2, 0) is 9.59 Å². The Morgan fingerprint density at radius 1 is 1.35 bits per heavy atom. The number of imide groups is 1. The first kappa shape index (κ1) is 14.2. The monoisotopic (exact) mass is 241 g/mol. The number of carbonyl (C=O) groups excluding carboxylic acids is 2. The Kier molecular flexibility index (Phi) is 5.12. The summed E-state index contributed by atoms with van der Waals surface area (Å²) in [4.78, 5) is 25.1. The molecular weight excluding hydrogens is 218 g/mol. The van der Waals surface area contributed by atoms with E-state index in [0.717, 1.165) is 19.3 Å². The molecule has 0 aliphatic carbocycles. The molecular formula is C13H23NO3. The Balaban J connectivity index is 2.67. The van der Waals surface area contributed by atoms with E-state index in [4.69, 9.17) is 5.11 Å². The second kappa shape index (κ2) is 6.15. The Labute approximate surface area is 103 Å². The normalized spacial score (nSPS) is 26.7. The van der Waals surface area contributed by atoms with Crippen molar-refractivity contribution in [1.29, 1.82) is 0 Å². The van der Waals surface area contributed by atoms with Crippen LogP contribution in [0.1, 0.15) is 40.0 Å². The summed E-state index contributed by atoms with van der Waals surface area (Å²) < 4.78 is 0. The molecule has 2 amide bonds. The molecule has 0 radical (unpaired) electrons. The lowest BCUT2D eigenvalue weighted by Gasteiger charge is -2.17. The van der Waals surface area contributed by atoms with Crippen LogP contribution >= 0.6 is 0 Å². The molecule has 4 heteroatoms. The minimum atomic E-state index is -0.228. The average molecular weight is 241 g/mol. The highest BCUT2D eigenvalue weighted by atomic mass is 16.3. The SMILES string of the molecule is CCCC(C)CC1C(=O)N(CCO)C(=O)C1C. The second-order valence-electron chi connectivity index (χ2n) is 5.08. The molecule has 0 aromatic heterocycles. The van der Waals surface area contributed by atoms with Crippen molar-refractivity contribution in [2.75, 3.05) is 13.2 Å². The molecule has 17 heavy (non-hydrogen) atoms. The van der Waals surface area contributed by atoms with Gasteiger partial charge in [0, 0.05) is 5.92 Å². The van der Waals surface area contributed by atoms with Gasteiger partial charge in [0.25, 0.3) is 0 Å². The lowest BCUT2D eigenvalue weighted by molar-refractivity contribution is -0.140. The van der Waals surface area contributed by atoms with E-state index in [1.807, 2.05) is 6.92 Å². The number of amides is 2.